The molecule has 0 unspecified atom stereocenters. The molecule has 1 aromatic rings. The number of carbonyl (C=O) groups is 2. The third kappa shape index (κ3) is 3.71. The molecule has 3 aliphatic rings. The van der Waals surface area contributed by atoms with E-state index in [0.717, 1.165) is 38.8 Å². The van der Waals surface area contributed by atoms with Gasteiger partial charge in [-0.25, -0.2) is 0 Å². The summed E-state index contributed by atoms with van der Waals surface area (Å²) < 4.78 is 5.12. The molecule has 3 fully saturated rings. The van der Waals surface area contributed by atoms with Gasteiger partial charge in [-0.15, -0.1) is 0 Å². The Balaban J connectivity index is 1.32. The van der Waals surface area contributed by atoms with Gasteiger partial charge in [-0.1, -0.05) is 49.1 Å². The standard InChI is InChI=1S/C22H31NO3Si/c1-27(2,3)19-6-4-5-17(11-19)16-7-9-23(10-8-16)21(25)18-12-22(13-18)14-20(24)26-15-22/h4-6,11,16,18H,7-10,12-15H2,1-3H3. The summed E-state index contributed by atoms with van der Waals surface area (Å²) in [5, 5.41) is 1.52. The second-order valence-electron chi connectivity index (χ2n) is 9.92. The smallest absolute Gasteiger partial charge is 0.306 e. The lowest BCUT2D eigenvalue weighted by Gasteiger charge is -2.45. The number of hydrogen-bond donors (Lipinski definition) is 0. The summed E-state index contributed by atoms with van der Waals surface area (Å²) in [5.41, 5.74) is 1.43. The van der Waals surface area contributed by atoms with Crippen LogP contribution in [-0.2, 0) is 14.3 Å². The minimum atomic E-state index is -1.29. The van der Waals surface area contributed by atoms with Gasteiger partial charge in [0, 0.05) is 24.4 Å². The van der Waals surface area contributed by atoms with Crippen LogP contribution in [-0.4, -0.2) is 44.5 Å². The number of hydrogen-bond acceptors (Lipinski definition) is 3. The summed E-state index contributed by atoms with van der Waals surface area (Å²) in [6.07, 6.45) is 4.28. The van der Waals surface area contributed by atoms with E-state index >= 15 is 0 Å². The quantitative estimate of drug-likeness (QED) is 0.592. The summed E-state index contributed by atoms with van der Waals surface area (Å²) in [7, 11) is -1.29. The highest BCUT2D eigenvalue weighted by molar-refractivity contribution is 6.88. The first-order valence-corrected chi connectivity index (χ1v) is 13.8. The normalized spacial score (nSPS) is 28.9. The number of esters is 1. The highest BCUT2D eigenvalue weighted by Crippen LogP contribution is 2.52. The van der Waals surface area contributed by atoms with Crippen LogP contribution < -0.4 is 5.19 Å². The minimum absolute atomic E-state index is 0.0208. The largest absolute Gasteiger partial charge is 0.465 e. The van der Waals surface area contributed by atoms with E-state index in [9.17, 15) is 9.59 Å². The summed E-state index contributed by atoms with van der Waals surface area (Å²) in [4.78, 5) is 26.3. The fraction of sp³-hybridized carbons (Fsp3) is 0.636. The molecule has 1 saturated carbocycles. The zero-order valence-electron chi connectivity index (χ0n) is 16.8. The van der Waals surface area contributed by atoms with Crippen molar-refractivity contribution in [2.24, 2.45) is 11.3 Å². The molecule has 146 valence electrons. The number of benzene rings is 1. The van der Waals surface area contributed by atoms with Gasteiger partial charge in [0.05, 0.1) is 21.1 Å². The summed E-state index contributed by atoms with van der Waals surface area (Å²) >= 11 is 0. The Morgan fingerprint density at radius 3 is 2.48 bits per heavy atom. The first kappa shape index (κ1) is 18.7. The number of piperidine rings is 1. The van der Waals surface area contributed by atoms with Gasteiger partial charge in [0.2, 0.25) is 5.91 Å². The van der Waals surface area contributed by atoms with Crippen LogP contribution in [0.25, 0.3) is 0 Å². The van der Waals surface area contributed by atoms with Crippen LogP contribution in [0.15, 0.2) is 24.3 Å². The Kier molecular flexibility index (Phi) is 4.69. The van der Waals surface area contributed by atoms with Gasteiger partial charge in [-0.05, 0) is 37.2 Å². The highest BCUT2D eigenvalue weighted by Gasteiger charge is 2.53. The van der Waals surface area contributed by atoms with Crippen LogP contribution in [0, 0.1) is 11.3 Å². The third-order valence-electron chi connectivity index (χ3n) is 6.80. The number of nitrogens with zero attached hydrogens (tertiary/aromatic N) is 1. The van der Waals surface area contributed by atoms with Crippen molar-refractivity contribution in [1.82, 2.24) is 4.90 Å². The second kappa shape index (κ2) is 6.76. The predicted octanol–water partition coefficient (Wildman–Crippen LogP) is 3.28. The van der Waals surface area contributed by atoms with Crippen molar-refractivity contribution in [2.75, 3.05) is 19.7 Å². The Morgan fingerprint density at radius 2 is 1.89 bits per heavy atom. The molecule has 2 heterocycles. The van der Waals surface area contributed by atoms with E-state index < -0.39 is 8.07 Å². The van der Waals surface area contributed by atoms with Gasteiger partial charge in [0.15, 0.2) is 0 Å². The number of amides is 1. The zero-order valence-corrected chi connectivity index (χ0v) is 17.8. The molecular weight excluding hydrogens is 354 g/mol. The maximum Gasteiger partial charge on any atom is 0.306 e. The van der Waals surface area contributed by atoms with Gasteiger partial charge in [-0.3, -0.25) is 9.59 Å². The van der Waals surface area contributed by atoms with Crippen molar-refractivity contribution in [2.45, 2.75) is 57.7 Å². The first-order chi connectivity index (χ1) is 12.8. The molecule has 0 N–H and O–H groups in total. The monoisotopic (exact) mass is 385 g/mol. The molecule has 0 radical (unpaired) electrons. The van der Waals surface area contributed by atoms with Gasteiger partial charge in [0.1, 0.15) is 0 Å². The molecule has 2 aliphatic heterocycles. The Hall–Kier alpha value is -1.62. The van der Waals surface area contributed by atoms with E-state index in [1.807, 2.05) is 0 Å². The molecule has 0 aromatic heterocycles. The van der Waals surface area contributed by atoms with E-state index in [1.165, 1.54) is 10.8 Å². The van der Waals surface area contributed by atoms with Crippen LogP contribution in [0.5, 0.6) is 0 Å². The minimum Gasteiger partial charge on any atom is -0.465 e. The molecular formula is C22H31NO3Si. The first-order valence-electron chi connectivity index (χ1n) is 10.3. The van der Waals surface area contributed by atoms with E-state index in [2.05, 4.69) is 48.8 Å². The molecule has 5 heteroatoms. The van der Waals surface area contributed by atoms with Gasteiger partial charge < -0.3 is 9.64 Å². The number of cyclic esters (lactones) is 1. The molecule has 1 aliphatic carbocycles. The molecule has 4 rings (SSSR count). The lowest BCUT2D eigenvalue weighted by molar-refractivity contribution is -0.144. The number of ether oxygens (including phenoxy) is 1. The lowest BCUT2D eigenvalue weighted by Crippen LogP contribution is -2.49. The van der Waals surface area contributed by atoms with Crippen molar-refractivity contribution >= 4 is 25.1 Å². The Bertz CT molecular complexity index is 740. The van der Waals surface area contributed by atoms with E-state index in [-0.39, 0.29) is 17.3 Å². The second-order valence-corrected chi connectivity index (χ2v) is 15.0. The van der Waals surface area contributed by atoms with Crippen molar-refractivity contribution in [3.05, 3.63) is 29.8 Å². The van der Waals surface area contributed by atoms with Gasteiger partial charge >= 0.3 is 5.97 Å². The molecule has 27 heavy (non-hydrogen) atoms. The maximum atomic E-state index is 12.8. The fourth-order valence-electron chi connectivity index (χ4n) is 5.01. The van der Waals surface area contributed by atoms with E-state index in [4.69, 9.17) is 4.74 Å². The topological polar surface area (TPSA) is 46.6 Å². The van der Waals surface area contributed by atoms with Crippen molar-refractivity contribution in [1.29, 1.82) is 0 Å². The average molecular weight is 386 g/mol. The van der Waals surface area contributed by atoms with Crippen LogP contribution >= 0.6 is 0 Å². The van der Waals surface area contributed by atoms with Crippen LogP contribution in [0.1, 0.15) is 43.6 Å². The Morgan fingerprint density at radius 1 is 1.19 bits per heavy atom. The lowest BCUT2D eigenvalue weighted by atomic mass is 9.61. The molecule has 0 atom stereocenters. The summed E-state index contributed by atoms with van der Waals surface area (Å²) in [5.74, 6) is 0.877. The van der Waals surface area contributed by atoms with Gasteiger partial charge in [-0.2, -0.15) is 0 Å². The van der Waals surface area contributed by atoms with Crippen LogP contribution in [0.2, 0.25) is 19.6 Å². The predicted molar refractivity (Wildman–Crippen MR) is 109 cm³/mol. The van der Waals surface area contributed by atoms with Crippen LogP contribution in [0.3, 0.4) is 0 Å². The van der Waals surface area contributed by atoms with Crippen molar-refractivity contribution < 1.29 is 14.3 Å². The van der Waals surface area contributed by atoms with E-state index in [0.29, 0.717) is 24.9 Å². The zero-order chi connectivity index (χ0) is 19.2. The average Bonchev–Trinajstić information content (AvgIpc) is 3.02. The Labute approximate surface area is 163 Å². The van der Waals surface area contributed by atoms with Crippen molar-refractivity contribution in [3.63, 3.8) is 0 Å². The molecule has 2 saturated heterocycles. The number of carbonyl (C=O) groups excluding carboxylic acids is 2. The highest BCUT2D eigenvalue weighted by atomic mass is 28.3. The molecule has 1 aromatic carbocycles. The molecule has 0 bridgehead atoms. The fourth-order valence-corrected chi connectivity index (χ4v) is 6.21. The SMILES string of the molecule is C[Si](C)(C)c1cccc(C2CCN(C(=O)C3CC4(COC(=O)C4)C3)CC2)c1. The molecule has 4 nitrogen and oxygen atoms in total. The van der Waals surface area contributed by atoms with E-state index in [1.54, 1.807) is 0 Å². The molecule has 1 amide bonds. The molecule has 1 spiro atoms. The maximum absolute atomic E-state index is 12.8. The van der Waals surface area contributed by atoms with Crippen molar-refractivity contribution in [3.8, 4) is 0 Å². The van der Waals surface area contributed by atoms with Crippen LogP contribution in [0.4, 0.5) is 0 Å². The number of likely N-dealkylation sites (tertiary alicyclic amines) is 1. The van der Waals surface area contributed by atoms with Gasteiger partial charge in [0.25, 0.3) is 0 Å². The summed E-state index contributed by atoms with van der Waals surface area (Å²) in [6.45, 7) is 9.41. The third-order valence-corrected chi connectivity index (χ3v) is 8.84. The number of rotatable bonds is 3. The summed E-state index contributed by atoms with van der Waals surface area (Å²) in [6, 6.07) is 9.16.